The molecule has 2 aromatic carbocycles. The van der Waals surface area contributed by atoms with Gasteiger partial charge < -0.3 is 14.6 Å². The molecule has 150 valence electrons. The summed E-state index contributed by atoms with van der Waals surface area (Å²) < 4.78 is 44.1. The molecule has 3 rings (SSSR count). The molecule has 3 aromatic rings. The third-order valence-corrected chi connectivity index (χ3v) is 4.18. The first kappa shape index (κ1) is 20.2. The van der Waals surface area contributed by atoms with E-state index in [0.29, 0.717) is 11.1 Å². The average molecular weight is 401 g/mol. The summed E-state index contributed by atoms with van der Waals surface area (Å²) >= 11 is 0. The normalized spacial score (nSPS) is 11.2. The van der Waals surface area contributed by atoms with E-state index in [1.165, 1.54) is 18.3 Å². The number of aromatic nitrogens is 1. The predicted molar refractivity (Wildman–Crippen MR) is 104 cm³/mol. The van der Waals surface area contributed by atoms with Crippen molar-refractivity contribution in [1.82, 2.24) is 10.3 Å². The molecule has 0 unspecified atom stereocenters. The summed E-state index contributed by atoms with van der Waals surface area (Å²) in [7, 11) is 3.80. The molecule has 0 saturated carbocycles. The number of carbonyl (C=O) groups is 1. The van der Waals surface area contributed by atoms with Gasteiger partial charge in [0, 0.05) is 30.9 Å². The van der Waals surface area contributed by atoms with Crippen LogP contribution in [-0.4, -0.2) is 25.0 Å². The van der Waals surface area contributed by atoms with Gasteiger partial charge in [-0.2, -0.15) is 13.2 Å². The van der Waals surface area contributed by atoms with Crippen LogP contribution in [0.2, 0.25) is 0 Å². The Kier molecular flexibility index (Phi) is 5.45. The van der Waals surface area contributed by atoms with Crippen molar-refractivity contribution in [1.29, 1.82) is 0 Å². The van der Waals surface area contributed by atoms with Gasteiger partial charge in [-0.3, -0.25) is 4.79 Å². The van der Waals surface area contributed by atoms with Crippen molar-refractivity contribution in [2.45, 2.75) is 6.18 Å². The van der Waals surface area contributed by atoms with E-state index in [4.69, 9.17) is 4.42 Å². The minimum Gasteiger partial charge on any atom is -0.435 e. The second-order valence-electron chi connectivity index (χ2n) is 6.39. The Balaban J connectivity index is 2.05. The van der Waals surface area contributed by atoms with E-state index in [0.717, 1.165) is 17.8 Å². The van der Waals surface area contributed by atoms with Gasteiger partial charge in [0.2, 0.25) is 5.89 Å². The van der Waals surface area contributed by atoms with Gasteiger partial charge in [-0.1, -0.05) is 6.58 Å². The van der Waals surface area contributed by atoms with Gasteiger partial charge in [0.1, 0.15) is 0 Å². The standard InChI is InChI=1S/C21H18F3N3O2/c1-4-25-19(28)17-18(13-7-11-16(12-8-13)27(2)3)29-20(26-17)14-5-9-15(10-6-14)21(22,23)24/h4-12H,1H2,2-3H3,(H,25,28). The van der Waals surface area contributed by atoms with Crippen LogP contribution in [0, 0.1) is 0 Å². The molecule has 0 aliphatic heterocycles. The average Bonchev–Trinajstić information content (AvgIpc) is 3.13. The van der Waals surface area contributed by atoms with Crippen LogP contribution in [0.1, 0.15) is 16.1 Å². The summed E-state index contributed by atoms with van der Waals surface area (Å²) in [6.07, 6.45) is -3.22. The Morgan fingerprint density at radius 1 is 1.07 bits per heavy atom. The molecule has 0 aliphatic rings. The number of oxazole rings is 1. The lowest BCUT2D eigenvalue weighted by molar-refractivity contribution is -0.137. The van der Waals surface area contributed by atoms with Gasteiger partial charge >= 0.3 is 6.18 Å². The van der Waals surface area contributed by atoms with Crippen LogP contribution >= 0.6 is 0 Å². The highest BCUT2D eigenvalue weighted by atomic mass is 19.4. The van der Waals surface area contributed by atoms with Crippen LogP contribution in [-0.2, 0) is 6.18 Å². The lowest BCUT2D eigenvalue weighted by Gasteiger charge is -2.12. The van der Waals surface area contributed by atoms with Crippen LogP contribution in [0.4, 0.5) is 18.9 Å². The van der Waals surface area contributed by atoms with Crippen LogP contribution < -0.4 is 10.2 Å². The summed E-state index contributed by atoms with van der Waals surface area (Å²) in [4.78, 5) is 18.5. The molecule has 0 saturated heterocycles. The van der Waals surface area contributed by atoms with Crippen molar-refractivity contribution in [3.05, 3.63) is 72.6 Å². The number of halogens is 3. The first-order valence-corrected chi connectivity index (χ1v) is 8.58. The summed E-state index contributed by atoms with van der Waals surface area (Å²) in [6.45, 7) is 3.45. The zero-order valence-corrected chi connectivity index (χ0v) is 15.7. The first-order valence-electron chi connectivity index (χ1n) is 8.58. The fraction of sp³-hybridized carbons (Fsp3) is 0.143. The molecule has 1 aromatic heterocycles. The monoisotopic (exact) mass is 401 g/mol. The summed E-state index contributed by atoms with van der Waals surface area (Å²) in [5.74, 6) is -0.280. The molecule has 0 aliphatic carbocycles. The van der Waals surface area contributed by atoms with Crippen molar-refractivity contribution in [2.24, 2.45) is 0 Å². The lowest BCUT2D eigenvalue weighted by Crippen LogP contribution is -2.17. The third-order valence-electron chi connectivity index (χ3n) is 4.18. The highest BCUT2D eigenvalue weighted by Crippen LogP contribution is 2.33. The Labute approximate surface area is 165 Å². The topological polar surface area (TPSA) is 58.4 Å². The van der Waals surface area contributed by atoms with Crippen molar-refractivity contribution in [3.8, 4) is 22.8 Å². The zero-order chi connectivity index (χ0) is 21.2. The Morgan fingerprint density at radius 3 is 2.17 bits per heavy atom. The number of amides is 1. The van der Waals surface area contributed by atoms with E-state index < -0.39 is 17.6 Å². The number of hydrogen-bond acceptors (Lipinski definition) is 4. The minimum atomic E-state index is -4.44. The molecule has 0 spiro atoms. The van der Waals surface area contributed by atoms with Crippen LogP contribution in [0.25, 0.3) is 22.8 Å². The summed E-state index contributed by atoms with van der Waals surface area (Å²) in [6, 6.07) is 11.6. The number of nitrogens with zero attached hydrogens (tertiary/aromatic N) is 2. The van der Waals surface area contributed by atoms with E-state index in [1.807, 2.05) is 31.1 Å². The molecule has 1 heterocycles. The molecule has 5 nitrogen and oxygen atoms in total. The molecule has 0 bridgehead atoms. The van der Waals surface area contributed by atoms with E-state index in [2.05, 4.69) is 16.9 Å². The quantitative estimate of drug-likeness (QED) is 0.656. The van der Waals surface area contributed by atoms with E-state index in [1.54, 1.807) is 12.1 Å². The Hall–Kier alpha value is -3.55. The lowest BCUT2D eigenvalue weighted by atomic mass is 10.1. The van der Waals surface area contributed by atoms with Gasteiger partial charge in [-0.15, -0.1) is 0 Å². The highest BCUT2D eigenvalue weighted by Gasteiger charge is 2.30. The molecule has 1 N–H and O–H groups in total. The molecule has 8 heteroatoms. The van der Waals surface area contributed by atoms with Gasteiger partial charge in [0.15, 0.2) is 11.5 Å². The van der Waals surface area contributed by atoms with Crippen molar-refractivity contribution in [2.75, 3.05) is 19.0 Å². The number of nitrogens with one attached hydrogen (secondary N) is 1. The fourth-order valence-electron chi connectivity index (χ4n) is 2.67. The maximum Gasteiger partial charge on any atom is 0.416 e. The number of benzene rings is 2. The second-order valence-corrected chi connectivity index (χ2v) is 6.39. The molecular weight excluding hydrogens is 383 g/mol. The van der Waals surface area contributed by atoms with Crippen LogP contribution in [0.5, 0.6) is 0 Å². The molecular formula is C21H18F3N3O2. The van der Waals surface area contributed by atoms with Gasteiger partial charge in [-0.25, -0.2) is 4.98 Å². The number of hydrogen-bond donors (Lipinski definition) is 1. The summed E-state index contributed by atoms with van der Waals surface area (Å²) in [5.41, 5.74) is 1.11. The largest absolute Gasteiger partial charge is 0.435 e. The SMILES string of the molecule is C=CNC(=O)c1nc(-c2ccc(C(F)(F)F)cc2)oc1-c1ccc(N(C)C)cc1. The van der Waals surface area contributed by atoms with Crippen molar-refractivity contribution < 1.29 is 22.4 Å². The number of carbonyl (C=O) groups excluding carboxylic acids is 1. The van der Waals surface area contributed by atoms with Gasteiger partial charge in [-0.05, 0) is 54.7 Å². The fourth-order valence-corrected chi connectivity index (χ4v) is 2.67. The Morgan fingerprint density at radius 2 is 1.66 bits per heavy atom. The molecule has 0 fully saturated rings. The van der Waals surface area contributed by atoms with Gasteiger partial charge in [0.25, 0.3) is 5.91 Å². The molecule has 0 radical (unpaired) electrons. The minimum absolute atomic E-state index is 0.0115. The smallest absolute Gasteiger partial charge is 0.416 e. The molecule has 1 amide bonds. The highest BCUT2D eigenvalue weighted by molar-refractivity contribution is 5.98. The van der Waals surface area contributed by atoms with Gasteiger partial charge in [0.05, 0.1) is 5.56 Å². The predicted octanol–water partition coefficient (Wildman–Crippen LogP) is 4.97. The maximum absolute atomic E-state index is 12.8. The van der Waals surface area contributed by atoms with Crippen molar-refractivity contribution >= 4 is 11.6 Å². The van der Waals surface area contributed by atoms with E-state index in [9.17, 15) is 18.0 Å². The van der Waals surface area contributed by atoms with Crippen molar-refractivity contribution in [3.63, 3.8) is 0 Å². The molecule has 0 atom stereocenters. The zero-order valence-electron chi connectivity index (χ0n) is 15.7. The number of anilines is 1. The first-order chi connectivity index (χ1) is 13.7. The number of rotatable bonds is 5. The number of alkyl halides is 3. The Bertz CT molecular complexity index is 1020. The molecule has 29 heavy (non-hydrogen) atoms. The van der Waals surface area contributed by atoms with Crippen LogP contribution in [0.3, 0.4) is 0 Å². The summed E-state index contributed by atoms with van der Waals surface area (Å²) in [5, 5.41) is 2.44. The van der Waals surface area contributed by atoms with E-state index >= 15 is 0 Å². The second kappa shape index (κ2) is 7.83. The maximum atomic E-state index is 12.8. The third kappa shape index (κ3) is 4.31. The van der Waals surface area contributed by atoms with Crippen LogP contribution in [0.15, 0.2) is 65.7 Å². The van der Waals surface area contributed by atoms with E-state index in [-0.39, 0.29) is 17.3 Å².